The molecule has 0 fully saturated rings. The summed E-state index contributed by atoms with van der Waals surface area (Å²) in [4.78, 5) is 48.2. The summed E-state index contributed by atoms with van der Waals surface area (Å²) in [6.45, 7) is 12.2. The Bertz CT molecular complexity index is 707. The Morgan fingerprint density at radius 2 is 1.46 bits per heavy atom. The number of likely N-dealkylation sites (N-methyl/N-ethyl adjacent to an activating group) is 1. The average molecular weight is 583 g/mol. The minimum absolute atomic E-state index is 0.0732. The molecule has 0 spiro atoms. The maximum atomic E-state index is 12.1. The molecule has 0 aliphatic rings. The third-order valence-corrected chi connectivity index (χ3v) is 8.10. The molecule has 0 aromatic rings. The molecule has 37 heavy (non-hydrogen) atoms. The van der Waals surface area contributed by atoms with Crippen molar-refractivity contribution in [2.24, 2.45) is 10.8 Å². The monoisotopic (exact) mass is 582 g/mol. The van der Waals surface area contributed by atoms with Crippen molar-refractivity contribution in [1.82, 2.24) is 10.2 Å². The molecular weight excluding hydrogens is 539 g/mol. The minimum atomic E-state index is -1.74. The van der Waals surface area contributed by atoms with Crippen LogP contribution < -0.4 is 5.32 Å². The van der Waals surface area contributed by atoms with E-state index >= 15 is 0 Å². The van der Waals surface area contributed by atoms with Crippen LogP contribution in [0.1, 0.15) is 48.0 Å². The van der Waals surface area contributed by atoms with Gasteiger partial charge in [0.05, 0.1) is 25.9 Å². The molecule has 1 N–H and O–H groups in total. The number of hydrogen-bond acceptors (Lipinski definition) is 10. The average Bonchev–Trinajstić information content (AvgIpc) is 2.83. The number of rotatable bonds is 18. The topological polar surface area (TPSA) is 120 Å². The third-order valence-electron chi connectivity index (χ3n) is 4.46. The number of hydrogen-bond donors (Lipinski definition) is 1. The van der Waals surface area contributed by atoms with Gasteiger partial charge in [0.15, 0.2) is 10.2 Å². The first kappa shape index (κ1) is 36.0. The van der Waals surface area contributed by atoms with Gasteiger partial charge < -0.3 is 28.5 Å². The maximum absolute atomic E-state index is 12.1. The predicted molar refractivity (Wildman–Crippen MR) is 150 cm³/mol. The number of carbonyl (C=O) groups excluding carboxylic acids is 4. The van der Waals surface area contributed by atoms with Crippen LogP contribution >= 0.6 is 32.1 Å². The molecule has 0 heterocycles. The van der Waals surface area contributed by atoms with Gasteiger partial charge in [-0.3, -0.25) is 19.2 Å². The number of ether oxygens (including phenoxy) is 1. The summed E-state index contributed by atoms with van der Waals surface area (Å²) in [6, 6.07) is 0. The molecule has 214 valence electrons. The van der Waals surface area contributed by atoms with Gasteiger partial charge in [0, 0.05) is 55.3 Å². The van der Waals surface area contributed by atoms with Crippen LogP contribution in [0.5, 0.6) is 0 Å². The molecule has 2 amide bonds. The van der Waals surface area contributed by atoms with Gasteiger partial charge in [-0.25, -0.2) is 0 Å². The van der Waals surface area contributed by atoms with Crippen molar-refractivity contribution in [2.75, 3.05) is 52.0 Å². The van der Waals surface area contributed by atoms with Crippen molar-refractivity contribution in [3.05, 3.63) is 12.3 Å². The number of methoxy groups -OCH3 is 1. The molecule has 0 saturated carbocycles. The molecule has 0 aliphatic carbocycles. The summed E-state index contributed by atoms with van der Waals surface area (Å²) < 4.78 is 22.9. The van der Waals surface area contributed by atoms with E-state index in [0.29, 0.717) is 30.9 Å². The van der Waals surface area contributed by atoms with Crippen molar-refractivity contribution < 1.29 is 37.5 Å². The molecule has 0 aliphatic heterocycles. The lowest BCUT2D eigenvalue weighted by Gasteiger charge is -2.22. The highest BCUT2D eigenvalue weighted by Gasteiger charge is 2.24. The van der Waals surface area contributed by atoms with Crippen molar-refractivity contribution in [1.29, 1.82) is 0 Å². The van der Waals surface area contributed by atoms with Crippen LogP contribution in [-0.4, -0.2) is 85.6 Å². The van der Waals surface area contributed by atoms with Crippen molar-refractivity contribution in [3.63, 3.8) is 0 Å². The second kappa shape index (κ2) is 19.1. The van der Waals surface area contributed by atoms with Crippen molar-refractivity contribution in [2.45, 2.75) is 54.1 Å². The van der Waals surface area contributed by atoms with Gasteiger partial charge in [-0.1, -0.05) is 65.1 Å². The summed E-state index contributed by atoms with van der Waals surface area (Å²) in [5.41, 5.74) is -0.869. The Kier molecular flexibility index (Phi) is 18.6. The molecule has 0 aromatic heterocycles. The molecule has 0 radical (unpaired) electrons. The fraction of sp³-hybridized carbons (Fsp3) is 0.750. The Balaban J connectivity index is 4.83. The summed E-state index contributed by atoms with van der Waals surface area (Å²) >= 11 is 2.40. The highest BCUT2D eigenvalue weighted by molar-refractivity contribution is 8.14. The van der Waals surface area contributed by atoms with E-state index in [1.165, 1.54) is 54.9 Å². The SMILES string of the molecule is CNC(=O)/C=C\N(C=O)CCC(COP(OCCSC(=O)C(C)(C)C)OCCSC(=O)C(C)(C)C)OC. The second-order valence-electron chi connectivity index (χ2n) is 9.88. The van der Waals surface area contributed by atoms with Crippen LogP contribution in [-0.2, 0) is 37.5 Å². The second-order valence-corrected chi connectivity index (χ2v) is 13.2. The van der Waals surface area contributed by atoms with Crippen molar-refractivity contribution >= 4 is 54.7 Å². The first-order valence-corrected chi connectivity index (χ1v) is 15.0. The highest BCUT2D eigenvalue weighted by Crippen LogP contribution is 2.40. The number of thioether (sulfide) groups is 2. The Hall–Kier alpha value is -1.01. The third kappa shape index (κ3) is 18.0. The Morgan fingerprint density at radius 3 is 1.86 bits per heavy atom. The standard InChI is InChI=1S/C24H43N2O8PS2/c1-23(2,3)21(29)36-15-13-32-35(33-14-16-37-22(30)24(4,5)6)34-17-19(31-8)9-11-26(18-27)12-10-20(28)25-7/h10,12,18-19H,9,11,13-17H2,1-8H3,(H,25,28)/b12-10-. The lowest BCUT2D eigenvalue weighted by atomic mass is 9.99. The smallest absolute Gasteiger partial charge is 0.332 e. The largest absolute Gasteiger partial charge is 0.379 e. The van der Waals surface area contributed by atoms with Gasteiger partial charge in [0.25, 0.3) is 0 Å². The number of nitrogens with zero attached hydrogens (tertiary/aromatic N) is 1. The Labute approximate surface area is 231 Å². The van der Waals surface area contributed by atoms with Crippen LogP contribution in [0.3, 0.4) is 0 Å². The number of amides is 2. The van der Waals surface area contributed by atoms with E-state index in [0.717, 1.165) is 0 Å². The van der Waals surface area contributed by atoms with Gasteiger partial charge >= 0.3 is 8.60 Å². The Morgan fingerprint density at radius 1 is 0.946 bits per heavy atom. The molecule has 0 bridgehead atoms. The van der Waals surface area contributed by atoms with Crippen LogP contribution in [0.25, 0.3) is 0 Å². The lowest BCUT2D eigenvalue weighted by Crippen LogP contribution is -2.26. The van der Waals surface area contributed by atoms with Gasteiger partial charge in [-0.2, -0.15) is 0 Å². The number of nitrogens with one attached hydrogen (secondary N) is 1. The highest BCUT2D eigenvalue weighted by atomic mass is 32.2. The predicted octanol–water partition coefficient (Wildman–Crippen LogP) is 4.00. The lowest BCUT2D eigenvalue weighted by molar-refractivity contribution is -0.118. The summed E-state index contributed by atoms with van der Waals surface area (Å²) in [5, 5.41) is 2.59. The van der Waals surface area contributed by atoms with E-state index in [4.69, 9.17) is 18.3 Å². The maximum Gasteiger partial charge on any atom is 0.332 e. The molecule has 0 rings (SSSR count). The van der Waals surface area contributed by atoms with E-state index in [9.17, 15) is 19.2 Å². The molecule has 10 nitrogen and oxygen atoms in total. The summed E-state index contributed by atoms with van der Waals surface area (Å²) in [5.74, 6) is 0.597. The van der Waals surface area contributed by atoms with E-state index in [1.54, 1.807) is 0 Å². The van der Waals surface area contributed by atoms with E-state index in [2.05, 4.69) is 5.32 Å². The van der Waals surface area contributed by atoms with Gasteiger partial charge in [-0.15, -0.1) is 0 Å². The van der Waals surface area contributed by atoms with E-state index in [-0.39, 0.29) is 42.1 Å². The molecule has 1 atom stereocenters. The minimum Gasteiger partial charge on any atom is -0.379 e. The van der Waals surface area contributed by atoms with E-state index < -0.39 is 19.4 Å². The zero-order valence-corrected chi connectivity index (χ0v) is 25.8. The first-order chi connectivity index (χ1) is 17.2. The summed E-state index contributed by atoms with van der Waals surface area (Å²) in [7, 11) is 1.29. The van der Waals surface area contributed by atoms with Crippen molar-refractivity contribution in [3.8, 4) is 0 Å². The van der Waals surface area contributed by atoms with Gasteiger partial charge in [0.1, 0.15) is 0 Å². The molecular formula is C24H43N2O8PS2. The zero-order chi connectivity index (χ0) is 28.5. The van der Waals surface area contributed by atoms with Crippen LogP contribution in [0.2, 0.25) is 0 Å². The normalized spacial score (nSPS) is 13.1. The van der Waals surface area contributed by atoms with Gasteiger partial charge in [0.2, 0.25) is 12.3 Å². The molecule has 0 aromatic carbocycles. The van der Waals surface area contributed by atoms with Crippen LogP contribution in [0.15, 0.2) is 12.3 Å². The van der Waals surface area contributed by atoms with Crippen LogP contribution in [0, 0.1) is 10.8 Å². The van der Waals surface area contributed by atoms with Crippen LogP contribution in [0.4, 0.5) is 0 Å². The fourth-order valence-electron chi connectivity index (χ4n) is 2.15. The summed E-state index contributed by atoms with van der Waals surface area (Å²) in [6.07, 6.45) is 3.37. The van der Waals surface area contributed by atoms with Gasteiger partial charge in [-0.05, 0) is 6.42 Å². The number of carbonyl (C=O) groups is 4. The fourth-order valence-corrected chi connectivity index (χ4v) is 4.96. The first-order valence-electron chi connectivity index (χ1n) is 11.9. The quantitative estimate of drug-likeness (QED) is 0.110. The molecule has 1 unspecified atom stereocenters. The van der Waals surface area contributed by atoms with E-state index in [1.807, 2.05) is 41.5 Å². The molecule has 0 saturated heterocycles. The molecule has 13 heteroatoms. The zero-order valence-electron chi connectivity index (χ0n) is 23.2.